The van der Waals surface area contributed by atoms with E-state index in [1.165, 1.54) is 25.6 Å². The maximum Gasteiger partial charge on any atom is 0.332 e. The van der Waals surface area contributed by atoms with Crippen LogP contribution in [0.5, 0.6) is 11.8 Å². The second-order valence-corrected chi connectivity index (χ2v) is 14.1. The average Bonchev–Trinajstić information content (AvgIpc) is 3.88. The van der Waals surface area contributed by atoms with E-state index < -0.39 is 5.82 Å². The van der Waals surface area contributed by atoms with E-state index in [9.17, 15) is 9.18 Å². The molecule has 0 N–H and O–H groups in total. The molecule has 0 atom stereocenters. The van der Waals surface area contributed by atoms with Crippen LogP contribution in [0.2, 0.25) is 0 Å². The van der Waals surface area contributed by atoms with Crippen molar-refractivity contribution in [1.82, 2.24) is 19.9 Å². The summed E-state index contributed by atoms with van der Waals surface area (Å²) in [5, 5.41) is 1.72. The molecule has 2 aromatic carbocycles. The topological polar surface area (TPSA) is 105 Å². The lowest BCUT2D eigenvalue weighted by Gasteiger charge is -2.54. The molecule has 4 aromatic rings. The predicted molar refractivity (Wildman–Crippen MR) is 183 cm³/mol. The molecule has 3 aliphatic rings. The second kappa shape index (κ2) is 14.3. The van der Waals surface area contributed by atoms with Gasteiger partial charge in [-0.05, 0) is 91.8 Å². The molecular formula is C38H44F2N4O6. The summed E-state index contributed by atoms with van der Waals surface area (Å²) in [5.41, 5.74) is 1.37. The number of fused-ring (bicyclic) bond motifs is 2. The zero-order valence-corrected chi connectivity index (χ0v) is 28.9. The lowest BCUT2D eigenvalue weighted by atomic mass is 9.67. The van der Waals surface area contributed by atoms with Gasteiger partial charge in [0.25, 0.3) is 0 Å². The third kappa shape index (κ3) is 7.11. The minimum atomic E-state index is -0.640. The monoisotopic (exact) mass is 690 g/mol. The highest BCUT2D eigenvalue weighted by Gasteiger charge is 2.51. The van der Waals surface area contributed by atoms with Crippen molar-refractivity contribution < 1.29 is 37.3 Å². The summed E-state index contributed by atoms with van der Waals surface area (Å²) in [6.45, 7) is 7.58. The Labute approximate surface area is 290 Å². The van der Waals surface area contributed by atoms with Crippen LogP contribution in [0.4, 0.5) is 8.78 Å². The summed E-state index contributed by atoms with van der Waals surface area (Å²) >= 11 is 0. The smallest absolute Gasteiger partial charge is 0.332 e. The third-order valence-electron chi connectivity index (χ3n) is 10.5. The molecule has 266 valence electrons. The number of benzene rings is 2. The van der Waals surface area contributed by atoms with Gasteiger partial charge in [0.15, 0.2) is 12.6 Å². The van der Waals surface area contributed by atoms with Gasteiger partial charge in [0, 0.05) is 55.5 Å². The van der Waals surface area contributed by atoms with Crippen LogP contribution < -0.4 is 9.47 Å². The highest BCUT2D eigenvalue weighted by Crippen LogP contribution is 2.51. The van der Waals surface area contributed by atoms with Crippen molar-refractivity contribution in [3.8, 4) is 23.0 Å². The number of hydrogen-bond donors (Lipinski definition) is 0. The number of esters is 1. The molecule has 1 saturated heterocycles. The summed E-state index contributed by atoms with van der Waals surface area (Å²) in [6, 6.07) is 6.63. The molecule has 3 heterocycles. The first kappa shape index (κ1) is 34.4. The molecule has 2 aromatic heterocycles. The molecule has 0 bridgehead atoms. The average molecular weight is 691 g/mol. The minimum Gasteiger partial charge on any atom is -0.468 e. The Morgan fingerprint density at radius 1 is 1.00 bits per heavy atom. The van der Waals surface area contributed by atoms with Crippen LogP contribution in [0.15, 0.2) is 36.7 Å². The Balaban J connectivity index is 1.02. The molecule has 0 radical (unpaired) electrons. The third-order valence-corrected chi connectivity index (χ3v) is 10.5. The molecule has 3 fully saturated rings. The quantitative estimate of drug-likeness (QED) is 0.106. The van der Waals surface area contributed by atoms with Crippen molar-refractivity contribution in [3.05, 3.63) is 53.9 Å². The van der Waals surface area contributed by atoms with Gasteiger partial charge in [-0.2, -0.15) is 4.98 Å². The van der Waals surface area contributed by atoms with Gasteiger partial charge >= 0.3 is 12.0 Å². The SMILES string of the molecule is CCOC(=O)COC1CCC2(CC1)CN(CC1(COc3ncc4cnc(-c5cc(OCOC)cc6ccc(F)c(CC)c56)c(F)c4n3)CC1)C2. The lowest BCUT2D eigenvalue weighted by molar-refractivity contribution is -0.152. The zero-order valence-electron chi connectivity index (χ0n) is 28.9. The Morgan fingerprint density at radius 2 is 1.78 bits per heavy atom. The van der Waals surface area contributed by atoms with Crippen LogP contribution in [0.1, 0.15) is 57.9 Å². The number of carbonyl (C=O) groups excluding carboxylic acids is 1. The van der Waals surface area contributed by atoms with Gasteiger partial charge in [0.1, 0.15) is 29.4 Å². The Kier molecular flexibility index (Phi) is 9.87. The van der Waals surface area contributed by atoms with Crippen molar-refractivity contribution in [1.29, 1.82) is 0 Å². The molecule has 0 unspecified atom stereocenters. The van der Waals surface area contributed by atoms with Gasteiger partial charge in [-0.25, -0.2) is 18.6 Å². The van der Waals surface area contributed by atoms with Gasteiger partial charge in [0.05, 0.1) is 19.3 Å². The number of carbonyl (C=O) groups is 1. The normalized spacial score (nSPS) is 18.3. The fourth-order valence-corrected chi connectivity index (χ4v) is 7.74. The number of likely N-dealkylation sites (tertiary alicyclic amines) is 1. The van der Waals surface area contributed by atoms with Crippen molar-refractivity contribution in [3.63, 3.8) is 0 Å². The number of hydrogen-bond acceptors (Lipinski definition) is 10. The molecule has 7 rings (SSSR count). The van der Waals surface area contributed by atoms with Gasteiger partial charge < -0.3 is 28.6 Å². The lowest BCUT2D eigenvalue weighted by Crippen LogP contribution is -2.59. The van der Waals surface area contributed by atoms with Crippen molar-refractivity contribution >= 4 is 27.6 Å². The van der Waals surface area contributed by atoms with Gasteiger partial charge in [-0.1, -0.05) is 13.0 Å². The molecule has 2 saturated carbocycles. The van der Waals surface area contributed by atoms with Gasteiger partial charge in [-0.15, -0.1) is 0 Å². The highest BCUT2D eigenvalue weighted by atomic mass is 19.1. The largest absolute Gasteiger partial charge is 0.468 e. The van der Waals surface area contributed by atoms with E-state index in [2.05, 4.69) is 19.9 Å². The number of pyridine rings is 1. The van der Waals surface area contributed by atoms with Gasteiger partial charge in [0.2, 0.25) is 0 Å². The van der Waals surface area contributed by atoms with E-state index in [0.29, 0.717) is 58.1 Å². The maximum absolute atomic E-state index is 16.4. The van der Waals surface area contributed by atoms with Crippen LogP contribution in [-0.4, -0.2) is 85.3 Å². The van der Waals surface area contributed by atoms with Crippen molar-refractivity contribution in [2.24, 2.45) is 10.8 Å². The molecular weight excluding hydrogens is 646 g/mol. The Bertz CT molecular complexity index is 1870. The fraction of sp³-hybridized carbons (Fsp3) is 0.526. The molecule has 0 amide bonds. The summed E-state index contributed by atoms with van der Waals surface area (Å²) in [4.78, 5) is 27.5. The molecule has 12 heteroatoms. The van der Waals surface area contributed by atoms with E-state index in [-0.39, 0.29) is 53.9 Å². The highest BCUT2D eigenvalue weighted by molar-refractivity contribution is 6.01. The van der Waals surface area contributed by atoms with Crippen LogP contribution in [0, 0.1) is 22.5 Å². The van der Waals surface area contributed by atoms with E-state index in [4.69, 9.17) is 23.7 Å². The molecule has 2 aliphatic carbocycles. The minimum absolute atomic E-state index is 0.00408. The molecule has 1 aliphatic heterocycles. The maximum atomic E-state index is 16.4. The standard InChI is InChI=1S/C38H44F2N4O6/c1-4-28-30(39)7-6-24-14-27(50-23-46-3)15-29(32(24)28)35-33(40)34-25(16-41-35)17-42-36(43-34)49-22-38(12-13-38)21-44-19-37(20-44)10-8-26(9-11-37)48-18-31(45)47-5-2/h6-7,14-17,26H,4-5,8-13,18-23H2,1-3H3. The number of methoxy groups -OCH3 is 1. The van der Waals surface area contributed by atoms with E-state index in [1.54, 1.807) is 25.1 Å². The van der Waals surface area contributed by atoms with Gasteiger partial charge in [-0.3, -0.25) is 4.98 Å². The second-order valence-electron chi connectivity index (χ2n) is 14.1. The molecule has 1 spiro atoms. The summed E-state index contributed by atoms with van der Waals surface area (Å²) < 4.78 is 59.1. The van der Waals surface area contributed by atoms with E-state index >= 15 is 4.39 Å². The number of ether oxygens (including phenoxy) is 5. The number of halogens is 2. The Morgan fingerprint density at radius 3 is 2.50 bits per heavy atom. The van der Waals surface area contributed by atoms with Crippen molar-refractivity contribution in [2.75, 3.05) is 53.4 Å². The molecule has 50 heavy (non-hydrogen) atoms. The van der Waals surface area contributed by atoms with Crippen LogP contribution in [0.25, 0.3) is 32.9 Å². The van der Waals surface area contributed by atoms with Crippen LogP contribution in [-0.2, 0) is 25.4 Å². The molecule has 10 nitrogen and oxygen atoms in total. The van der Waals surface area contributed by atoms with Crippen LogP contribution in [0.3, 0.4) is 0 Å². The van der Waals surface area contributed by atoms with Crippen LogP contribution >= 0.6 is 0 Å². The number of aryl methyl sites for hydroxylation is 1. The number of nitrogens with zero attached hydrogens (tertiary/aromatic N) is 4. The fourth-order valence-electron chi connectivity index (χ4n) is 7.74. The summed E-state index contributed by atoms with van der Waals surface area (Å²) in [7, 11) is 1.52. The first-order chi connectivity index (χ1) is 24.2. The van der Waals surface area contributed by atoms with E-state index in [1.807, 2.05) is 6.92 Å². The number of rotatable bonds is 14. The first-order valence-corrected chi connectivity index (χ1v) is 17.6. The summed E-state index contributed by atoms with van der Waals surface area (Å²) in [6.07, 6.45) is 9.84. The van der Waals surface area contributed by atoms with Crippen molar-refractivity contribution in [2.45, 2.75) is 64.9 Å². The summed E-state index contributed by atoms with van der Waals surface area (Å²) in [5.74, 6) is -0.850. The predicted octanol–water partition coefficient (Wildman–Crippen LogP) is 6.65. The first-order valence-electron chi connectivity index (χ1n) is 17.6. The zero-order chi connectivity index (χ0) is 34.9. The van der Waals surface area contributed by atoms with E-state index in [0.717, 1.165) is 58.2 Å². The number of aromatic nitrogens is 3. The Hall–Kier alpha value is -4.00.